The summed E-state index contributed by atoms with van der Waals surface area (Å²) in [5.74, 6) is 0.00591. The minimum absolute atomic E-state index is 0.00591. The lowest BCUT2D eigenvalue weighted by molar-refractivity contribution is -0.107. The van der Waals surface area contributed by atoms with Gasteiger partial charge in [0.15, 0.2) is 8.32 Å². The van der Waals surface area contributed by atoms with Crippen LogP contribution in [0.15, 0.2) is 12.7 Å². The van der Waals surface area contributed by atoms with E-state index in [9.17, 15) is 5.11 Å². The summed E-state index contributed by atoms with van der Waals surface area (Å²) >= 11 is 0. The van der Waals surface area contributed by atoms with Crippen LogP contribution in [0.1, 0.15) is 27.7 Å². The molecule has 0 spiro atoms. The molecule has 0 aliphatic carbocycles. The minimum Gasteiger partial charge on any atom is -0.416 e. The highest BCUT2D eigenvalue weighted by molar-refractivity contribution is 6.73. The molecule has 0 saturated heterocycles. The summed E-state index contributed by atoms with van der Waals surface area (Å²) in [5, 5.41) is 10.3. The predicted molar refractivity (Wildman–Crippen MR) is 85.3 cm³/mol. The Bertz CT molecular complexity index is 248. The summed E-state index contributed by atoms with van der Waals surface area (Å²) in [6.45, 7) is 13.0. The quantitative estimate of drug-likeness (QED) is 0.342. The number of aliphatic hydroxyl groups excluding tert-OH is 1. The second-order valence-corrected chi connectivity index (χ2v) is 10.1. The molecule has 0 rings (SSSR count). The maximum absolute atomic E-state index is 10.3. The molecule has 5 heteroatoms. The highest BCUT2D eigenvalue weighted by atomic mass is 28.4. The van der Waals surface area contributed by atoms with Crippen LogP contribution in [0.2, 0.25) is 18.1 Å². The van der Waals surface area contributed by atoms with Gasteiger partial charge in [0.2, 0.25) is 0 Å². The van der Waals surface area contributed by atoms with Gasteiger partial charge in [-0.25, -0.2) is 0 Å². The van der Waals surface area contributed by atoms with E-state index in [0.717, 1.165) is 18.1 Å². The number of ether oxygens (including phenoxy) is 2. The maximum Gasteiger partial charge on any atom is 0.191 e. The van der Waals surface area contributed by atoms with Crippen molar-refractivity contribution in [3.8, 4) is 0 Å². The molecule has 0 aromatic carbocycles. The van der Waals surface area contributed by atoms with E-state index >= 15 is 0 Å². The number of hydrogen-bond acceptors (Lipinski definition) is 4. The van der Waals surface area contributed by atoms with Crippen LogP contribution in [-0.4, -0.2) is 46.1 Å². The van der Waals surface area contributed by atoms with E-state index in [2.05, 4.69) is 27.4 Å². The molecule has 0 amide bonds. The van der Waals surface area contributed by atoms with Crippen molar-refractivity contribution in [2.75, 3.05) is 20.5 Å². The zero-order valence-corrected chi connectivity index (χ0v) is 14.7. The van der Waals surface area contributed by atoms with Gasteiger partial charge in [-0.1, -0.05) is 33.8 Å². The lowest BCUT2D eigenvalue weighted by Crippen LogP contribution is -2.41. The fourth-order valence-electron chi connectivity index (χ4n) is 2.24. The molecule has 0 saturated carbocycles. The summed E-state index contributed by atoms with van der Waals surface area (Å²) in [5.41, 5.74) is 0. The smallest absolute Gasteiger partial charge is 0.191 e. The first-order valence-electron chi connectivity index (χ1n) is 7.55. The van der Waals surface area contributed by atoms with Gasteiger partial charge in [-0.05, 0) is 18.1 Å². The number of methoxy groups -OCH3 is 1. The SMILES string of the molecule is C=C[C@H](OCOC)[C@@H](O)[C@@H](C)CO[Si](CC)(CC)CC. The Morgan fingerprint density at radius 1 is 1.20 bits per heavy atom. The predicted octanol–water partition coefficient (Wildman–Crippen LogP) is 3.18. The van der Waals surface area contributed by atoms with Crippen LogP contribution in [0.5, 0.6) is 0 Å². The second kappa shape index (κ2) is 10.5. The van der Waals surface area contributed by atoms with Crippen LogP contribution in [0.3, 0.4) is 0 Å². The molecule has 0 aliphatic heterocycles. The van der Waals surface area contributed by atoms with Crippen LogP contribution < -0.4 is 0 Å². The lowest BCUT2D eigenvalue weighted by Gasteiger charge is -2.32. The zero-order valence-electron chi connectivity index (χ0n) is 13.7. The molecule has 20 heavy (non-hydrogen) atoms. The largest absolute Gasteiger partial charge is 0.416 e. The summed E-state index contributed by atoms with van der Waals surface area (Å²) in [6.07, 6.45) is 0.569. The molecule has 0 fully saturated rings. The monoisotopic (exact) mass is 304 g/mol. The van der Waals surface area contributed by atoms with Crippen molar-refractivity contribution >= 4 is 8.32 Å². The molecule has 0 bridgehead atoms. The van der Waals surface area contributed by atoms with E-state index in [1.165, 1.54) is 0 Å². The molecule has 4 nitrogen and oxygen atoms in total. The van der Waals surface area contributed by atoms with Gasteiger partial charge < -0.3 is 19.0 Å². The van der Waals surface area contributed by atoms with Gasteiger partial charge in [-0.3, -0.25) is 0 Å². The van der Waals surface area contributed by atoms with Crippen LogP contribution in [-0.2, 0) is 13.9 Å². The Labute approximate surface area is 125 Å². The van der Waals surface area contributed by atoms with E-state index in [4.69, 9.17) is 13.9 Å². The summed E-state index contributed by atoms with van der Waals surface area (Å²) in [7, 11) is -0.0405. The molecule has 0 aromatic rings. The highest BCUT2D eigenvalue weighted by Crippen LogP contribution is 2.23. The van der Waals surface area contributed by atoms with Crippen molar-refractivity contribution < 1.29 is 19.0 Å². The molecule has 3 atom stereocenters. The standard InChI is InChI=1S/C15H32O4Si/c1-7-14(18-12-17-6)15(16)13(5)11-19-20(8-2,9-3)10-4/h7,13-16H,1,8-12H2,2-6H3/t13-,14-,15-/m0/s1. The van der Waals surface area contributed by atoms with Crippen molar-refractivity contribution in [2.24, 2.45) is 5.92 Å². The van der Waals surface area contributed by atoms with E-state index in [0.29, 0.717) is 6.61 Å². The molecule has 0 radical (unpaired) electrons. The highest BCUT2D eigenvalue weighted by Gasteiger charge is 2.31. The van der Waals surface area contributed by atoms with Crippen LogP contribution in [0.4, 0.5) is 0 Å². The van der Waals surface area contributed by atoms with E-state index in [1.807, 2.05) is 6.92 Å². The molecule has 0 heterocycles. The Morgan fingerprint density at radius 2 is 1.75 bits per heavy atom. The van der Waals surface area contributed by atoms with Crippen molar-refractivity contribution in [1.29, 1.82) is 0 Å². The van der Waals surface area contributed by atoms with Gasteiger partial charge in [0.05, 0.1) is 6.10 Å². The van der Waals surface area contributed by atoms with Crippen molar-refractivity contribution in [3.63, 3.8) is 0 Å². The van der Waals surface area contributed by atoms with Crippen molar-refractivity contribution in [1.82, 2.24) is 0 Å². The fourth-order valence-corrected chi connectivity index (χ4v) is 4.97. The zero-order chi connectivity index (χ0) is 15.6. The summed E-state index contributed by atoms with van der Waals surface area (Å²) in [4.78, 5) is 0. The number of aliphatic hydroxyl groups is 1. The van der Waals surface area contributed by atoms with Crippen molar-refractivity contribution in [3.05, 3.63) is 12.7 Å². The third-order valence-electron chi connectivity index (χ3n) is 4.12. The fraction of sp³-hybridized carbons (Fsp3) is 0.867. The molecule has 0 aliphatic rings. The summed E-state index contributed by atoms with van der Waals surface area (Å²) < 4.78 is 16.5. The molecule has 0 aromatic heterocycles. The Balaban J connectivity index is 4.43. The molecular weight excluding hydrogens is 272 g/mol. The van der Waals surface area contributed by atoms with E-state index in [-0.39, 0.29) is 12.7 Å². The first-order valence-corrected chi connectivity index (χ1v) is 10.1. The van der Waals surface area contributed by atoms with Crippen molar-refractivity contribution in [2.45, 2.75) is 58.0 Å². The van der Waals surface area contributed by atoms with Crippen LogP contribution >= 0.6 is 0 Å². The van der Waals surface area contributed by atoms with E-state index < -0.39 is 20.5 Å². The summed E-state index contributed by atoms with van der Waals surface area (Å²) in [6, 6.07) is 3.36. The van der Waals surface area contributed by atoms with Crippen LogP contribution in [0, 0.1) is 5.92 Å². The second-order valence-electron chi connectivity index (χ2n) is 5.30. The average Bonchev–Trinajstić information content (AvgIpc) is 2.49. The Kier molecular flexibility index (Phi) is 10.4. The molecular formula is C15H32O4Si. The Hall–Kier alpha value is -0.203. The van der Waals surface area contributed by atoms with Gasteiger partial charge in [0.1, 0.15) is 12.9 Å². The van der Waals surface area contributed by atoms with Gasteiger partial charge in [-0.15, -0.1) is 6.58 Å². The number of rotatable bonds is 12. The topological polar surface area (TPSA) is 47.9 Å². The normalized spacial score (nSPS) is 16.7. The van der Waals surface area contributed by atoms with Gasteiger partial charge in [0.25, 0.3) is 0 Å². The Morgan fingerprint density at radius 3 is 2.15 bits per heavy atom. The minimum atomic E-state index is -1.60. The van der Waals surface area contributed by atoms with E-state index in [1.54, 1.807) is 13.2 Å². The lowest BCUT2D eigenvalue weighted by atomic mass is 10.0. The first kappa shape index (κ1) is 19.8. The van der Waals surface area contributed by atoms with Gasteiger partial charge in [0, 0.05) is 19.6 Å². The molecule has 0 unspecified atom stereocenters. The van der Waals surface area contributed by atoms with Gasteiger partial charge >= 0.3 is 0 Å². The van der Waals surface area contributed by atoms with Crippen LogP contribution in [0.25, 0.3) is 0 Å². The third-order valence-corrected chi connectivity index (χ3v) is 8.76. The number of hydrogen-bond donors (Lipinski definition) is 1. The maximum atomic E-state index is 10.3. The molecule has 120 valence electrons. The van der Waals surface area contributed by atoms with Gasteiger partial charge in [-0.2, -0.15) is 0 Å². The average molecular weight is 305 g/mol. The first-order chi connectivity index (χ1) is 9.50. The molecule has 1 N–H and O–H groups in total. The third kappa shape index (κ3) is 6.05.